The van der Waals surface area contributed by atoms with E-state index in [9.17, 15) is 4.79 Å². The minimum Gasteiger partial charge on any atom is -0.487 e. The fourth-order valence-corrected chi connectivity index (χ4v) is 3.67. The molecule has 3 rings (SSSR count). The van der Waals surface area contributed by atoms with E-state index in [0.29, 0.717) is 22.7 Å². The molecule has 2 aromatic rings. The van der Waals surface area contributed by atoms with Crippen LogP contribution >= 0.6 is 11.8 Å². The maximum absolute atomic E-state index is 11.7. The van der Waals surface area contributed by atoms with E-state index in [1.165, 1.54) is 31.7 Å². The summed E-state index contributed by atoms with van der Waals surface area (Å²) < 4.78 is 5.65. The number of thioether (sulfide) groups is 1. The Bertz CT molecular complexity index is 636. The van der Waals surface area contributed by atoms with Gasteiger partial charge in [0.05, 0.1) is 5.69 Å². The summed E-state index contributed by atoms with van der Waals surface area (Å²) in [4.78, 5) is 19.0. The Morgan fingerprint density at radius 1 is 1.24 bits per heavy atom. The lowest BCUT2D eigenvalue weighted by molar-refractivity contribution is 0.299. The molecule has 1 aliphatic carbocycles. The second kappa shape index (κ2) is 6.80. The first-order chi connectivity index (χ1) is 10.3. The van der Waals surface area contributed by atoms with Crippen molar-refractivity contribution in [3.8, 4) is 5.75 Å². The van der Waals surface area contributed by atoms with Crippen molar-refractivity contribution in [2.24, 2.45) is 0 Å². The van der Waals surface area contributed by atoms with Gasteiger partial charge in [-0.3, -0.25) is 4.79 Å². The quantitative estimate of drug-likeness (QED) is 0.860. The summed E-state index contributed by atoms with van der Waals surface area (Å²) in [6.07, 6.45) is 4.97. The van der Waals surface area contributed by atoms with Gasteiger partial charge in [0.25, 0.3) is 5.56 Å². The number of benzene rings is 1. The highest BCUT2D eigenvalue weighted by Crippen LogP contribution is 2.32. The molecular formula is C16H18N2O2S. The molecule has 110 valence electrons. The van der Waals surface area contributed by atoms with Gasteiger partial charge in [-0.1, -0.05) is 42.8 Å². The molecule has 4 nitrogen and oxygen atoms in total. The van der Waals surface area contributed by atoms with Crippen molar-refractivity contribution in [1.29, 1.82) is 0 Å². The molecule has 21 heavy (non-hydrogen) atoms. The van der Waals surface area contributed by atoms with Gasteiger partial charge in [-0.15, -0.1) is 0 Å². The van der Waals surface area contributed by atoms with Crippen molar-refractivity contribution in [2.75, 3.05) is 0 Å². The zero-order chi connectivity index (χ0) is 14.5. The number of hydrogen-bond acceptors (Lipinski definition) is 4. The number of aromatic amines is 1. The molecule has 5 heteroatoms. The van der Waals surface area contributed by atoms with E-state index in [2.05, 4.69) is 9.97 Å². The Morgan fingerprint density at radius 3 is 2.76 bits per heavy atom. The van der Waals surface area contributed by atoms with Gasteiger partial charge >= 0.3 is 0 Å². The molecule has 1 heterocycles. The number of nitrogens with zero attached hydrogens (tertiary/aromatic N) is 1. The summed E-state index contributed by atoms with van der Waals surface area (Å²) in [5.74, 6) is 0.782. The number of para-hydroxylation sites is 1. The number of rotatable bonds is 5. The Hall–Kier alpha value is -1.75. The predicted octanol–water partition coefficient (Wildman–Crippen LogP) is 3.38. The smallest absolute Gasteiger partial charge is 0.251 e. The lowest BCUT2D eigenvalue weighted by Gasteiger charge is -2.09. The van der Waals surface area contributed by atoms with Crippen LogP contribution in [0.4, 0.5) is 0 Å². The molecule has 0 amide bonds. The molecule has 0 spiro atoms. The van der Waals surface area contributed by atoms with Crippen LogP contribution < -0.4 is 10.3 Å². The Balaban J connectivity index is 1.67. The first-order valence-electron chi connectivity index (χ1n) is 7.24. The van der Waals surface area contributed by atoms with Crippen LogP contribution in [0.25, 0.3) is 0 Å². The maximum atomic E-state index is 11.7. The topological polar surface area (TPSA) is 55.0 Å². The van der Waals surface area contributed by atoms with E-state index in [1.54, 1.807) is 11.8 Å². The molecule has 0 aliphatic heterocycles. The van der Waals surface area contributed by atoms with Gasteiger partial charge in [0.1, 0.15) is 12.4 Å². The van der Waals surface area contributed by atoms with Gasteiger partial charge in [0.15, 0.2) is 5.16 Å². The van der Waals surface area contributed by atoms with E-state index in [0.717, 1.165) is 5.75 Å². The zero-order valence-electron chi connectivity index (χ0n) is 11.7. The van der Waals surface area contributed by atoms with Crippen molar-refractivity contribution in [2.45, 2.75) is 42.7 Å². The molecule has 1 aromatic heterocycles. The third kappa shape index (κ3) is 4.11. The van der Waals surface area contributed by atoms with Crippen LogP contribution in [0, 0.1) is 0 Å². The van der Waals surface area contributed by atoms with Crippen LogP contribution in [-0.2, 0) is 6.61 Å². The summed E-state index contributed by atoms with van der Waals surface area (Å²) in [7, 11) is 0. The third-order valence-electron chi connectivity index (χ3n) is 3.48. The Kier molecular flexibility index (Phi) is 4.60. The number of hydrogen-bond donors (Lipinski definition) is 1. The lowest BCUT2D eigenvalue weighted by atomic mass is 10.3. The van der Waals surface area contributed by atoms with E-state index < -0.39 is 0 Å². The standard InChI is InChI=1S/C16H18N2O2S/c19-15-10-12(11-20-13-6-2-1-3-7-13)17-16(18-15)21-14-8-4-5-9-14/h1-3,6-7,10,14H,4-5,8-9,11H2,(H,17,18,19). The number of nitrogens with one attached hydrogen (secondary N) is 1. The van der Waals surface area contributed by atoms with Crippen LogP contribution in [0.5, 0.6) is 5.75 Å². The molecule has 1 N–H and O–H groups in total. The first kappa shape index (κ1) is 14.2. The van der Waals surface area contributed by atoms with E-state index in [4.69, 9.17) is 4.74 Å². The van der Waals surface area contributed by atoms with E-state index >= 15 is 0 Å². The van der Waals surface area contributed by atoms with Crippen molar-refractivity contribution in [1.82, 2.24) is 9.97 Å². The monoisotopic (exact) mass is 302 g/mol. The predicted molar refractivity (Wildman–Crippen MR) is 83.7 cm³/mol. The minimum absolute atomic E-state index is 0.114. The average molecular weight is 302 g/mol. The van der Waals surface area contributed by atoms with E-state index in [-0.39, 0.29) is 5.56 Å². The van der Waals surface area contributed by atoms with Gasteiger partial charge < -0.3 is 9.72 Å². The average Bonchev–Trinajstić information content (AvgIpc) is 2.99. The molecule has 1 saturated carbocycles. The van der Waals surface area contributed by atoms with Crippen LogP contribution in [0.2, 0.25) is 0 Å². The molecule has 0 atom stereocenters. The van der Waals surface area contributed by atoms with E-state index in [1.807, 2.05) is 30.3 Å². The van der Waals surface area contributed by atoms with Gasteiger partial charge in [0, 0.05) is 11.3 Å². The van der Waals surface area contributed by atoms with Gasteiger partial charge in [-0.05, 0) is 25.0 Å². The number of aromatic nitrogens is 2. The molecule has 0 bridgehead atoms. The Labute approximate surface area is 128 Å². The second-order valence-corrected chi connectivity index (χ2v) is 6.46. The van der Waals surface area contributed by atoms with Crippen LogP contribution in [0.3, 0.4) is 0 Å². The van der Waals surface area contributed by atoms with Crippen LogP contribution in [-0.4, -0.2) is 15.2 Å². The first-order valence-corrected chi connectivity index (χ1v) is 8.12. The van der Waals surface area contributed by atoms with Crippen LogP contribution in [0.15, 0.2) is 46.3 Å². The SMILES string of the molecule is O=c1cc(COc2ccccc2)nc(SC2CCCC2)[nH]1. The van der Waals surface area contributed by atoms with Crippen molar-refractivity contribution in [3.63, 3.8) is 0 Å². The number of H-pyrrole nitrogens is 1. The van der Waals surface area contributed by atoms with Crippen molar-refractivity contribution in [3.05, 3.63) is 52.4 Å². The summed E-state index contributed by atoms with van der Waals surface area (Å²) in [5.41, 5.74) is 0.556. The summed E-state index contributed by atoms with van der Waals surface area (Å²) in [6, 6.07) is 11.1. The van der Waals surface area contributed by atoms with Crippen molar-refractivity contribution < 1.29 is 4.74 Å². The Morgan fingerprint density at radius 2 is 2.00 bits per heavy atom. The third-order valence-corrected chi connectivity index (χ3v) is 4.70. The minimum atomic E-state index is -0.114. The molecular weight excluding hydrogens is 284 g/mol. The molecule has 1 fully saturated rings. The molecule has 1 aliphatic rings. The largest absolute Gasteiger partial charge is 0.487 e. The molecule has 0 saturated heterocycles. The summed E-state index contributed by atoms with van der Waals surface area (Å²) in [6.45, 7) is 0.312. The summed E-state index contributed by atoms with van der Waals surface area (Å²) >= 11 is 1.68. The zero-order valence-corrected chi connectivity index (χ0v) is 12.6. The summed E-state index contributed by atoms with van der Waals surface area (Å²) in [5, 5.41) is 1.29. The highest BCUT2D eigenvalue weighted by Gasteiger charge is 2.17. The number of ether oxygens (including phenoxy) is 1. The molecule has 0 radical (unpaired) electrons. The van der Waals surface area contributed by atoms with Gasteiger partial charge in [0.2, 0.25) is 0 Å². The lowest BCUT2D eigenvalue weighted by Crippen LogP contribution is -2.12. The highest BCUT2D eigenvalue weighted by molar-refractivity contribution is 7.99. The van der Waals surface area contributed by atoms with Crippen molar-refractivity contribution >= 4 is 11.8 Å². The molecule has 1 aromatic carbocycles. The van der Waals surface area contributed by atoms with Gasteiger partial charge in [-0.2, -0.15) is 0 Å². The molecule has 0 unspecified atom stereocenters. The maximum Gasteiger partial charge on any atom is 0.251 e. The second-order valence-electron chi connectivity index (χ2n) is 5.17. The highest BCUT2D eigenvalue weighted by atomic mass is 32.2. The normalized spacial score (nSPS) is 15.2. The van der Waals surface area contributed by atoms with Gasteiger partial charge in [-0.25, -0.2) is 4.98 Å². The fraction of sp³-hybridized carbons (Fsp3) is 0.375. The van der Waals surface area contributed by atoms with Crippen LogP contribution in [0.1, 0.15) is 31.4 Å². The fourth-order valence-electron chi connectivity index (χ4n) is 2.45.